The van der Waals surface area contributed by atoms with Crippen molar-refractivity contribution >= 4 is 32.4 Å². The third-order valence-corrected chi connectivity index (χ3v) is 4.32. The minimum absolute atomic E-state index is 0.618. The second-order valence-electron chi connectivity index (χ2n) is 3.87. The van der Waals surface area contributed by atoms with E-state index >= 15 is 0 Å². The lowest BCUT2D eigenvalue weighted by molar-refractivity contribution is 1.15. The highest BCUT2D eigenvalue weighted by Gasteiger charge is 2.09. The molecule has 0 aliphatic heterocycles. The van der Waals surface area contributed by atoms with Crippen molar-refractivity contribution in [1.82, 2.24) is 4.98 Å². The summed E-state index contributed by atoms with van der Waals surface area (Å²) in [5.74, 6) is 0. The van der Waals surface area contributed by atoms with Crippen LogP contribution in [0.4, 0.5) is 5.13 Å². The van der Waals surface area contributed by atoms with Crippen LogP contribution in [0.1, 0.15) is 21.6 Å². The zero-order valence-corrected chi connectivity index (χ0v) is 11.7. The van der Waals surface area contributed by atoms with E-state index in [1.807, 2.05) is 0 Å². The Morgan fingerprint density at radius 2 is 2.12 bits per heavy atom. The SMILES string of the molecule is Cc1ccc(C)c(Cc2sc(N)nc2Br)c1. The molecule has 0 amide bonds. The summed E-state index contributed by atoms with van der Waals surface area (Å²) in [6.07, 6.45) is 0.892. The zero-order chi connectivity index (χ0) is 11.7. The van der Waals surface area contributed by atoms with Gasteiger partial charge in [0.2, 0.25) is 0 Å². The van der Waals surface area contributed by atoms with Crippen LogP contribution in [0, 0.1) is 13.8 Å². The fourth-order valence-electron chi connectivity index (χ4n) is 1.62. The lowest BCUT2D eigenvalue weighted by Gasteiger charge is -2.05. The van der Waals surface area contributed by atoms with Gasteiger partial charge in [-0.2, -0.15) is 0 Å². The third kappa shape index (κ3) is 2.44. The molecule has 0 aliphatic carbocycles. The second-order valence-corrected chi connectivity index (χ2v) is 5.74. The Balaban J connectivity index is 2.33. The second kappa shape index (κ2) is 4.55. The number of thiazole rings is 1. The quantitative estimate of drug-likeness (QED) is 0.918. The van der Waals surface area contributed by atoms with E-state index in [1.54, 1.807) is 11.3 Å². The van der Waals surface area contributed by atoms with E-state index in [0.717, 1.165) is 11.0 Å². The van der Waals surface area contributed by atoms with Crippen LogP contribution in [0.3, 0.4) is 0 Å². The molecule has 4 heteroatoms. The smallest absolute Gasteiger partial charge is 0.181 e. The summed E-state index contributed by atoms with van der Waals surface area (Å²) in [6, 6.07) is 6.51. The maximum absolute atomic E-state index is 5.68. The van der Waals surface area contributed by atoms with E-state index < -0.39 is 0 Å². The number of hydrogen-bond acceptors (Lipinski definition) is 3. The summed E-state index contributed by atoms with van der Waals surface area (Å²) in [5.41, 5.74) is 9.61. The monoisotopic (exact) mass is 296 g/mol. The highest BCUT2D eigenvalue weighted by Crippen LogP contribution is 2.28. The molecular formula is C12H13BrN2S. The van der Waals surface area contributed by atoms with Crippen LogP contribution < -0.4 is 5.73 Å². The molecule has 0 aliphatic rings. The predicted molar refractivity (Wildman–Crippen MR) is 72.9 cm³/mol. The van der Waals surface area contributed by atoms with Gasteiger partial charge in [0.25, 0.3) is 0 Å². The van der Waals surface area contributed by atoms with Crippen molar-refractivity contribution in [1.29, 1.82) is 0 Å². The van der Waals surface area contributed by atoms with E-state index in [0.29, 0.717) is 5.13 Å². The van der Waals surface area contributed by atoms with Gasteiger partial charge < -0.3 is 5.73 Å². The van der Waals surface area contributed by atoms with E-state index in [9.17, 15) is 0 Å². The first kappa shape index (κ1) is 11.6. The Labute approximate surface area is 108 Å². The van der Waals surface area contributed by atoms with Gasteiger partial charge in [-0.15, -0.1) is 11.3 Å². The number of aromatic nitrogens is 1. The highest BCUT2D eigenvalue weighted by molar-refractivity contribution is 9.10. The predicted octanol–water partition coefficient (Wildman–Crippen LogP) is 3.70. The summed E-state index contributed by atoms with van der Waals surface area (Å²) in [4.78, 5) is 5.36. The number of anilines is 1. The molecule has 0 radical (unpaired) electrons. The average molecular weight is 297 g/mol. The molecule has 2 rings (SSSR count). The average Bonchev–Trinajstić information content (AvgIpc) is 2.51. The Morgan fingerprint density at radius 1 is 1.38 bits per heavy atom. The third-order valence-electron chi connectivity index (χ3n) is 2.52. The molecule has 0 spiro atoms. The largest absolute Gasteiger partial charge is 0.375 e. The molecule has 1 heterocycles. The molecule has 2 aromatic rings. The van der Waals surface area contributed by atoms with Crippen LogP contribution in [-0.2, 0) is 6.42 Å². The van der Waals surface area contributed by atoms with Crippen molar-refractivity contribution in [3.05, 3.63) is 44.4 Å². The Morgan fingerprint density at radius 3 is 2.75 bits per heavy atom. The fourth-order valence-corrected chi connectivity index (χ4v) is 3.06. The van der Waals surface area contributed by atoms with Gasteiger partial charge in [-0.25, -0.2) is 4.98 Å². The van der Waals surface area contributed by atoms with Gasteiger partial charge in [0, 0.05) is 11.3 Å². The van der Waals surface area contributed by atoms with E-state index in [4.69, 9.17) is 5.73 Å². The summed E-state index contributed by atoms with van der Waals surface area (Å²) >= 11 is 4.98. The topological polar surface area (TPSA) is 38.9 Å². The normalized spacial score (nSPS) is 10.7. The first-order chi connectivity index (χ1) is 7.56. The lowest BCUT2D eigenvalue weighted by Crippen LogP contribution is -1.91. The highest BCUT2D eigenvalue weighted by atomic mass is 79.9. The standard InChI is InChI=1S/C12H13BrN2S/c1-7-3-4-8(2)9(5-7)6-10-11(13)15-12(14)16-10/h3-5H,6H2,1-2H3,(H2,14,15). The molecular weight excluding hydrogens is 284 g/mol. The maximum Gasteiger partial charge on any atom is 0.181 e. The van der Waals surface area contributed by atoms with Crippen LogP contribution in [0.25, 0.3) is 0 Å². The van der Waals surface area contributed by atoms with Crippen molar-refractivity contribution in [2.24, 2.45) is 0 Å². The summed E-state index contributed by atoms with van der Waals surface area (Å²) < 4.78 is 0.871. The van der Waals surface area contributed by atoms with E-state index in [-0.39, 0.29) is 0 Å². The molecule has 1 aromatic heterocycles. The number of hydrogen-bond donors (Lipinski definition) is 1. The van der Waals surface area contributed by atoms with Crippen LogP contribution in [0.5, 0.6) is 0 Å². The van der Waals surface area contributed by atoms with Crippen LogP contribution in [-0.4, -0.2) is 4.98 Å². The van der Waals surface area contributed by atoms with Crippen molar-refractivity contribution < 1.29 is 0 Å². The number of aryl methyl sites for hydroxylation is 2. The molecule has 0 atom stereocenters. The molecule has 2 nitrogen and oxygen atoms in total. The minimum Gasteiger partial charge on any atom is -0.375 e. The van der Waals surface area contributed by atoms with E-state index in [2.05, 4.69) is 53.0 Å². The molecule has 0 fully saturated rings. The maximum atomic E-state index is 5.68. The zero-order valence-electron chi connectivity index (χ0n) is 9.25. The van der Waals surface area contributed by atoms with Gasteiger partial charge in [0.15, 0.2) is 5.13 Å². The summed E-state index contributed by atoms with van der Waals surface area (Å²) in [5, 5.41) is 0.618. The molecule has 1 aromatic carbocycles. The van der Waals surface area contributed by atoms with Gasteiger partial charge in [0.1, 0.15) is 4.60 Å². The summed E-state index contributed by atoms with van der Waals surface area (Å²) in [7, 11) is 0. The Kier molecular flexibility index (Phi) is 3.30. The Bertz CT molecular complexity index is 520. The Hall–Kier alpha value is -0.870. The van der Waals surface area contributed by atoms with Crippen LogP contribution >= 0.6 is 27.3 Å². The number of rotatable bonds is 2. The van der Waals surface area contributed by atoms with Crippen molar-refractivity contribution in [2.45, 2.75) is 20.3 Å². The number of nitrogen functional groups attached to an aromatic ring is 1. The molecule has 0 bridgehead atoms. The first-order valence-corrected chi connectivity index (χ1v) is 6.64. The molecule has 16 heavy (non-hydrogen) atoms. The fraction of sp³-hybridized carbons (Fsp3) is 0.250. The van der Waals surface area contributed by atoms with Crippen molar-refractivity contribution in [2.75, 3.05) is 5.73 Å². The lowest BCUT2D eigenvalue weighted by atomic mass is 10.0. The number of halogens is 1. The summed E-state index contributed by atoms with van der Waals surface area (Å²) in [6.45, 7) is 4.24. The minimum atomic E-state index is 0.618. The molecule has 0 unspecified atom stereocenters. The van der Waals surface area contributed by atoms with Crippen LogP contribution in [0.2, 0.25) is 0 Å². The number of nitrogens with two attached hydrogens (primary N) is 1. The van der Waals surface area contributed by atoms with Gasteiger partial charge in [-0.1, -0.05) is 23.8 Å². The van der Waals surface area contributed by atoms with Crippen LogP contribution in [0.15, 0.2) is 22.8 Å². The number of benzene rings is 1. The van der Waals surface area contributed by atoms with Gasteiger partial charge in [-0.05, 0) is 40.9 Å². The first-order valence-electron chi connectivity index (χ1n) is 5.03. The molecule has 84 valence electrons. The van der Waals surface area contributed by atoms with Gasteiger partial charge in [0.05, 0.1) is 0 Å². The van der Waals surface area contributed by atoms with Gasteiger partial charge in [-0.3, -0.25) is 0 Å². The van der Waals surface area contributed by atoms with E-state index in [1.165, 1.54) is 21.6 Å². The van der Waals surface area contributed by atoms with Crippen molar-refractivity contribution in [3.8, 4) is 0 Å². The van der Waals surface area contributed by atoms with Crippen molar-refractivity contribution in [3.63, 3.8) is 0 Å². The number of nitrogens with zero attached hydrogens (tertiary/aromatic N) is 1. The molecule has 2 N–H and O–H groups in total. The molecule has 0 saturated carbocycles. The molecule has 0 saturated heterocycles. The van der Waals surface area contributed by atoms with Gasteiger partial charge >= 0.3 is 0 Å².